The number of amides is 1. The smallest absolute Gasteiger partial charge is 0.223 e. The highest BCUT2D eigenvalue weighted by molar-refractivity contribution is 5.47. The van der Waals surface area contributed by atoms with Gasteiger partial charge >= 0.3 is 0 Å². The molecule has 0 aromatic heterocycles. The van der Waals surface area contributed by atoms with Gasteiger partial charge in [-0.15, -0.1) is 0 Å². The van der Waals surface area contributed by atoms with E-state index in [1.807, 2.05) is 31.2 Å². The number of hydrazine groups is 1. The first-order chi connectivity index (χ1) is 6.72. The van der Waals surface area contributed by atoms with Gasteiger partial charge < -0.3 is 5.32 Å². The van der Waals surface area contributed by atoms with Crippen molar-refractivity contribution in [2.45, 2.75) is 6.92 Å². The van der Waals surface area contributed by atoms with Crippen LogP contribution in [0.4, 0.5) is 5.69 Å². The van der Waals surface area contributed by atoms with Crippen LogP contribution in [0.15, 0.2) is 24.3 Å². The van der Waals surface area contributed by atoms with Gasteiger partial charge in [-0.2, -0.15) is 0 Å². The van der Waals surface area contributed by atoms with Gasteiger partial charge in [0.05, 0.1) is 6.54 Å². The van der Waals surface area contributed by atoms with E-state index in [4.69, 9.17) is 5.84 Å². The zero-order valence-electron chi connectivity index (χ0n) is 8.23. The molecule has 0 saturated carbocycles. The molecule has 1 aromatic rings. The molecular formula is C10H15N3O. The van der Waals surface area contributed by atoms with Gasteiger partial charge in [0, 0.05) is 12.2 Å². The van der Waals surface area contributed by atoms with E-state index in [9.17, 15) is 4.79 Å². The first-order valence-corrected chi connectivity index (χ1v) is 4.49. The van der Waals surface area contributed by atoms with Crippen molar-refractivity contribution in [1.82, 2.24) is 5.01 Å². The van der Waals surface area contributed by atoms with E-state index in [0.717, 1.165) is 10.7 Å². The number of nitrogens with two attached hydrogens (primary N) is 1. The van der Waals surface area contributed by atoms with Crippen LogP contribution in [-0.2, 0) is 4.79 Å². The second-order valence-corrected chi connectivity index (χ2v) is 3.14. The van der Waals surface area contributed by atoms with Gasteiger partial charge in [0.25, 0.3) is 0 Å². The maximum Gasteiger partial charge on any atom is 0.223 e. The van der Waals surface area contributed by atoms with Crippen molar-refractivity contribution in [2.75, 3.05) is 18.4 Å². The lowest BCUT2D eigenvalue weighted by molar-refractivity contribution is -0.118. The number of hydrogen-bond donors (Lipinski definition) is 2. The molecule has 0 aliphatic rings. The van der Waals surface area contributed by atoms with E-state index in [0.29, 0.717) is 19.5 Å². The van der Waals surface area contributed by atoms with E-state index in [-0.39, 0.29) is 0 Å². The number of benzene rings is 1. The summed E-state index contributed by atoms with van der Waals surface area (Å²) in [5.74, 6) is 5.29. The van der Waals surface area contributed by atoms with E-state index in [2.05, 4.69) is 5.32 Å². The van der Waals surface area contributed by atoms with Crippen LogP contribution in [0.25, 0.3) is 0 Å². The van der Waals surface area contributed by atoms with Crippen molar-refractivity contribution in [1.29, 1.82) is 0 Å². The predicted octanol–water partition coefficient (Wildman–Crippen LogP) is 0.739. The molecule has 14 heavy (non-hydrogen) atoms. The highest BCUT2D eigenvalue weighted by Crippen LogP contribution is 2.07. The summed E-state index contributed by atoms with van der Waals surface area (Å²) in [6.07, 6.45) is 0.608. The third-order valence-electron chi connectivity index (χ3n) is 1.89. The molecule has 0 radical (unpaired) electrons. The molecule has 0 aliphatic carbocycles. The molecule has 0 heterocycles. The van der Waals surface area contributed by atoms with Crippen LogP contribution in [-0.4, -0.2) is 24.5 Å². The Morgan fingerprint density at radius 2 is 2.07 bits per heavy atom. The molecule has 4 heteroatoms. The fourth-order valence-corrected chi connectivity index (χ4v) is 1.05. The quantitative estimate of drug-likeness (QED) is 0.314. The van der Waals surface area contributed by atoms with Gasteiger partial charge in [0.1, 0.15) is 0 Å². The van der Waals surface area contributed by atoms with Gasteiger partial charge in [-0.25, -0.2) is 5.84 Å². The minimum Gasteiger partial charge on any atom is -0.383 e. The number of carbonyl (C=O) groups is 1. The molecule has 0 fully saturated rings. The van der Waals surface area contributed by atoms with Crippen LogP contribution in [0.5, 0.6) is 0 Å². The lowest BCUT2D eigenvalue weighted by Gasteiger charge is -2.11. The fourth-order valence-electron chi connectivity index (χ4n) is 1.05. The maximum atomic E-state index is 10.2. The molecule has 1 rings (SSSR count). The number of carbonyl (C=O) groups excluding carboxylic acids is 1. The average molecular weight is 193 g/mol. The first kappa shape index (κ1) is 10.5. The number of anilines is 1. The third kappa shape index (κ3) is 3.45. The Labute approximate surface area is 83.7 Å². The summed E-state index contributed by atoms with van der Waals surface area (Å²) in [6.45, 7) is 3.19. The molecular weight excluding hydrogens is 178 g/mol. The minimum atomic E-state index is 0.497. The second-order valence-electron chi connectivity index (χ2n) is 3.14. The van der Waals surface area contributed by atoms with Crippen LogP contribution in [0.2, 0.25) is 0 Å². The van der Waals surface area contributed by atoms with E-state index >= 15 is 0 Å². The summed E-state index contributed by atoms with van der Waals surface area (Å²) < 4.78 is 0. The molecule has 0 unspecified atom stereocenters. The Balaban J connectivity index is 2.31. The average Bonchev–Trinajstić information content (AvgIpc) is 2.21. The molecule has 3 N–H and O–H groups in total. The van der Waals surface area contributed by atoms with Gasteiger partial charge in [0.15, 0.2) is 0 Å². The number of nitrogens with zero attached hydrogens (tertiary/aromatic N) is 1. The zero-order valence-corrected chi connectivity index (χ0v) is 8.23. The molecule has 4 nitrogen and oxygen atoms in total. The highest BCUT2D eigenvalue weighted by atomic mass is 16.1. The Morgan fingerprint density at radius 3 is 2.64 bits per heavy atom. The lowest BCUT2D eigenvalue weighted by atomic mass is 10.2. The SMILES string of the molecule is Cc1ccc(NCCN(N)C=O)cc1. The molecule has 0 spiro atoms. The van der Waals surface area contributed by atoms with Gasteiger partial charge in [-0.1, -0.05) is 17.7 Å². The standard InChI is InChI=1S/C10H15N3O/c1-9-2-4-10(5-3-9)12-6-7-13(11)8-14/h2-5,8,12H,6-7,11H2,1H3. The van der Waals surface area contributed by atoms with Crippen LogP contribution in [0.1, 0.15) is 5.56 Å². The van der Waals surface area contributed by atoms with Gasteiger partial charge in [-0.3, -0.25) is 9.80 Å². The van der Waals surface area contributed by atoms with Crippen LogP contribution in [0, 0.1) is 6.92 Å². The van der Waals surface area contributed by atoms with E-state index < -0.39 is 0 Å². The summed E-state index contributed by atoms with van der Waals surface area (Å²) >= 11 is 0. The van der Waals surface area contributed by atoms with Crippen LogP contribution < -0.4 is 11.2 Å². The predicted molar refractivity (Wildman–Crippen MR) is 56.6 cm³/mol. The van der Waals surface area contributed by atoms with Crippen molar-refractivity contribution < 1.29 is 4.79 Å². The van der Waals surface area contributed by atoms with Crippen molar-refractivity contribution in [3.8, 4) is 0 Å². The van der Waals surface area contributed by atoms with Gasteiger partial charge in [0.2, 0.25) is 6.41 Å². The van der Waals surface area contributed by atoms with Gasteiger partial charge in [-0.05, 0) is 19.1 Å². The largest absolute Gasteiger partial charge is 0.383 e. The second kappa shape index (κ2) is 5.24. The number of aryl methyl sites for hydroxylation is 1. The van der Waals surface area contributed by atoms with E-state index in [1.165, 1.54) is 5.56 Å². The molecule has 76 valence electrons. The summed E-state index contributed by atoms with van der Waals surface area (Å²) in [5.41, 5.74) is 2.26. The molecule has 1 aromatic carbocycles. The zero-order chi connectivity index (χ0) is 10.4. The lowest BCUT2D eigenvalue weighted by Crippen LogP contribution is -2.33. The topological polar surface area (TPSA) is 58.4 Å². The summed E-state index contributed by atoms with van der Waals surface area (Å²) in [7, 11) is 0. The van der Waals surface area contributed by atoms with Crippen molar-refractivity contribution >= 4 is 12.1 Å². The van der Waals surface area contributed by atoms with Crippen molar-refractivity contribution in [3.05, 3.63) is 29.8 Å². The molecule has 0 aliphatic heterocycles. The molecule has 0 bridgehead atoms. The van der Waals surface area contributed by atoms with Crippen molar-refractivity contribution in [2.24, 2.45) is 5.84 Å². The molecule has 0 saturated heterocycles. The Hall–Kier alpha value is -1.55. The number of nitrogens with one attached hydrogen (secondary N) is 1. The summed E-state index contributed by atoms with van der Waals surface area (Å²) in [6, 6.07) is 8.05. The number of rotatable bonds is 5. The Morgan fingerprint density at radius 1 is 1.43 bits per heavy atom. The van der Waals surface area contributed by atoms with E-state index in [1.54, 1.807) is 0 Å². The highest BCUT2D eigenvalue weighted by Gasteiger charge is 1.94. The molecule has 0 atom stereocenters. The fraction of sp³-hybridized carbons (Fsp3) is 0.300. The summed E-state index contributed by atoms with van der Waals surface area (Å²) in [5, 5.41) is 4.27. The summed E-state index contributed by atoms with van der Waals surface area (Å²) in [4.78, 5) is 10.2. The Bertz CT molecular complexity index is 284. The third-order valence-corrected chi connectivity index (χ3v) is 1.89. The Kier molecular flexibility index (Phi) is 3.94. The normalized spacial score (nSPS) is 9.57. The van der Waals surface area contributed by atoms with Crippen molar-refractivity contribution in [3.63, 3.8) is 0 Å². The first-order valence-electron chi connectivity index (χ1n) is 4.49. The number of hydrogen-bond acceptors (Lipinski definition) is 3. The maximum absolute atomic E-state index is 10.2. The molecule has 1 amide bonds. The minimum absolute atomic E-state index is 0.497. The monoisotopic (exact) mass is 193 g/mol. The van der Waals surface area contributed by atoms with Crippen LogP contribution in [0.3, 0.4) is 0 Å². The van der Waals surface area contributed by atoms with Crippen LogP contribution >= 0.6 is 0 Å².